The van der Waals surface area contributed by atoms with Crippen molar-refractivity contribution in [1.29, 1.82) is 0 Å². The molecule has 1 unspecified atom stereocenters. The summed E-state index contributed by atoms with van der Waals surface area (Å²) in [4.78, 5) is 23.5. The standard InChI is InChI=1S/C12H13ClN2O4S/c13-9-2-1-3-10(15(18)19)8(9)6-14-4-5-20-7-11(14)12(16)17/h1-3,11H,4-7H2,(H,16,17). The average molecular weight is 317 g/mol. The lowest BCUT2D eigenvalue weighted by molar-refractivity contribution is -0.385. The van der Waals surface area contributed by atoms with Crippen molar-refractivity contribution in [3.8, 4) is 0 Å². The number of aliphatic carboxylic acids is 1. The largest absolute Gasteiger partial charge is 0.480 e. The molecule has 0 amide bonds. The van der Waals surface area contributed by atoms with Crippen molar-refractivity contribution in [3.63, 3.8) is 0 Å². The maximum Gasteiger partial charge on any atom is 0.321 e. The number of thioether (sulfide) groups is 1. The molecule has 1 aliphatic rings. The normalized spacial score (nSPS) is 19.8. The highest BCUT2D eigenvalue weighted by atomic mass is 35.5. The predicted molar refractivity (Wildman–Crippen MR) is 77.3 cm³/mol. The van der Waals surface area contributed by atoms with E-state index in [4.69, 9.17) is 11.6 Å². The molecule has 1 N–H and O–H groups in total. The molecule has 0 saturated carbocycles. The Bertz CT molecular complexity index is 540. The predicted octanol–water partition coefficient (Wildman–Crippen LogP) is 2.25. The fourth-order valence-corrected chi connectivity index (χ4v) is 3.47. The summed E-state index contributed by atoms with van der Waals surface area (Å²) in [5, 5.41) is 20.5. The molecule has 1 heterocycles. The molecule has 0 aliphatic carbocycles. The van der Waals surface area contributed by atoms with Gasteiger partial charge in [0.05, 0.1) is 15.5 Å². The van der Waals surface area contributed by atoms with E-state index in [0.717, 1.165) is 5.75 Å². The first kappa shape index (κ1) is 15.1. The van der Waals surface area contributed by atoms with Crippen LogP contribution in [-0.2, 0) is 11.3 Å². The van der Waals surface area contributed by atoms with Crippen molar-refractivity contribution in [2.24, 2.45) is 0 Å². The van der Waals surface area contributed by atoms with Crippen LogP contribution < -0.4 is 0 Å². The van der Waals surface area contributed by atoms with E-state index >= 15 is 0 Å². The second kappa shape index (κ2) is 6.43. The Balaban J connectivity index is 2.28. The number of nitro benzene ring substituents is 1. The topological polar surface area (TPSA) is 83.7 Å². The minimum atomic E-state index is -0.910. The third kappa shape index (κ3) is 3.23. The highest BCUT2D eigenvalue weighted by molar-refractivity contribution is 7.99. The van der Waals surface area contributed by atoms with Gasteiger partial charge in [0.15, 0.2) is 0 Å². The molecule has 8 heteroatoms. The van der Waals surface area contributed by atoms with Crippen LogP contribution in [0.4, 0.5) is 5.69 Å². The third-order valence-corrected chi connectivity index (χ3v) is 4.55. The molecule has 1 saturated heterocycles. The second-order valence-electron chi connectivity index (χ2n) is 4.39. The van der Waals surface area contributed by atoms with Crippen molar-refractivity contribution in [3.05, 3.63) is 38.9 Å². The number of hydrogen-bond acceptors (Lipinski definition) is 5. The minimum Gasteiger partial charge on any atom is -0.480 e. The molecule has 0 bridgehead atoms. The summed E-state index contributed by atoms with van der Waals surface area (Å²) in [5.74, 6) is 0.377. The Morgan fingerprint density at radius 3 is 3.00 bits per heavy atom. The molecule has 0 aromatic heterocycles. The molecule has 0 radical (unpaired) electrons. The Kier molecular flexibility index (Phi) is 4.85. The lowest BCUT2D eigenvalue weighted by atomic mass is 10.1. The molecule has 1 aliphatic heterocycles. The zero-order chi connectivity index (χ0) is 14.7. The minimum absolute atomic E-state index is 0.0696. The van der Waals surface area contributed by atoms with E-state index in [1.807, 2.05) is 0 Å². The lowest BCUT2D eigenvalue weighted by Crippen LogP contribution is -2.46. The molecule has 1 atom stereocenters. The molecule has 0 spiro atoms. The van der Waals surface area contributed by atoms with Gasteiger partial charge in [-0.3, -0.25) is 19.8 Å². The highest BCUT2D eigenvalue weighted by Crippen LogP contribution is 2.29. The maximum absolute atomic E-state index is 11.2. The van der Waals surface area contributed by atoms with E-state index in [2.05, 4.69) is 0 Å². The summed E-state index contributed by atoms with van der Waals surface area (Å²) < 4.78 is 0. The van der Waals surface area contributed by atoms with Gasteiger partial charge in [0, 0.05) is 30.7 Å². The number of nitro groups is 1. The summed E-state index contributed by atoms with van der Waals surface area (Å²) in [6.07, 6.45) is 0. The molecular weight excluding hydrogens is 304 g/mol. The monoisotopic (exact) mass is 316 g/mol. The van der Waals surface area contributed by atoms with Crippen LogP contribution in [0.2, 0.25) is 5.02 Å². The Hall–Kier alpha value is -1.31. The number of carboxylic acid groups (broad SMARTS) is 1. The fourth-order valence-electron chi connectivity index (χ4n) is 2.13. The van der Waals surface area contributed by atoms with Crippen molar-refractivity contribution >= 4 is 35.0 Å². The first-order chi connectivity index (χ1) is 9.50. The summed E-state index contributed by atoms with van der Waals surface area (Å²) in [7, 11) is 0. The number of carbonyl (C=O) groups is 1. The highest BCUT2D eigenvalue weighted by Gasteiger charge is 2.31. The van der Waals surface area contributed by atoms with Gasteiger partial charge in [0.1, 0.15) is 6.04 Å². The third-order valence-electron chi connectivity index (χ3n) is 3.18. The number of rotatable bonds is 4. The van der Waals surface area contributed by atoms with Gasteiger partial charge in [-0.15, -0.1) is 0 Å². The van der Waals surface area contributed by atoms with Gasteiger partial charge in [-0.05, 0) is 6.07 Å². The zero-order valence-electron chi connectivity index (χ0n) is 10.5. The van der Waals surface area contributed by atoms with Crippen molar-refractivity contribution in [2.75, 3.05) is 18.1 Å². The van der Waals surface area contributed by atoms with E-state index in [-0.39, 0.29) is 12.2 Å². The van der Waals surface area contributed by atoms with Gasteiger partial charge < -0.3 is 5.11 Å². The van der Waals surface area contributed by atoms with Gasteiger partial charge in [0.25, 0.3) is 5.69 Å². The average Bonchev–Trinajstić information content (AvgIpc) is 2.41. The van der Waals surface area contributed by atoms with Crippen LogP contribution in [0.15, 0.2) is 18.2 Å². The van der Waals surface area contributed by atoms with Crippen LogP contribution >= 0.6 is 23.4 Å². The van der Waals surface area contributed by atoms with Crippen molar-refractivity contribution < 1.29 is 14.8 Å². The summed E-state index contributed by atoms with van der Waals surface area (Å²) in [6.45, 7) is 0.748. The quantitative estimate of drug-likeness (QED) is 0.677. The SMILES string of the molecule is O=C(O)C1CSCCN1Cc1c(Cl)cccc1[N+](=O)[O-]. The van der Waals surface area contributed by atoms with Crippen LogP contribution in [0.25, 0.3) is 0 Å². The number of halogens is 1. The van der Waals surface area contributed by atoms with Crippen LogP contribution in [0.3, 0.4) is 0 Å². The molecule has 1 aromatic rings. The van der Waals surface area contributed by atoms with Crippen LogP contribution in [0.1, 0.15) is 5.56 Å². The van der Waals surface area contributed by atoms with Gasteiger partial charge in [0.2, 0.25) is 0 Å². The molecule has 2 rings (SSSR count). The fraction of sp³-hybridized carbons (Fsp3) is 0.417. The second-order valence-corrected chi connectivity index (χ2v) is 5.95. The van der Waals surface area contributed by atoms with E-state index in [1.54, 1.807) is 22.7 Å². The van der Waals surface area contributed by atoms with Gasteiger partial charge in [-0.1, -0.05) is 17.7 Å². The van der Waals surface area contributed by atoms with Crippen molar-refractivity contribution in [1.82, 2.24) is 4.90 Å². The maximum atomic E-state index is 11.2. The summed E-state index contributed by atoms with van der Waals surface area (Å²) >= 11 is 7.61. The summed E-state index contributed by atoms with van der Waals surface area (Å²) in [6, 6.07) is 3.85. The van der Waals surface area contributed by atoms with Crippen LogP contribution in [0.5, 0.6) is 0 Å². The van der Waals surface area contributed by atoms with Gasteiger partial charge in [-0.25, -0.2) is 0 Å². The van der Waals surface area contributed by atoms with E-state index in [0.29, 0.717) is 22.9 Å². The number of nitrogens with zero attached hydrogens (tertiary/aromatic N) is 2. The van der Waals surface area contributed by atoms with Gasteiger partial charge >= 0.3 is 5.97 Å². The smallest absolute Gasteiger partial charge is 0.321 e. The molecule has 6 nitrogen and oxygen atoms in total. The number of carboxylic acids is 1. The Labute approximate surface area is 124 Å². The number of hydrogen-bond donors (Lipinski definition) is 1. The summed E-state index contributed by atoms with van der Waals surface area (Å²) in [5.41, 5.74) is 0.303. The number of benzene rings is 1. The van der Waals surface area contributed by atoms with Crippen LogP contribution in [-0.4, -0.2) is 45.0 Å². The van der Waals surface area contributed by atoms with Crippen molar-refractivity contribution in [2.45, 2.75) is 12.6 Å². The van der Waals surface area contributed by atoms with E-state index in [1.165, 1.54) is 12.1 Å². The first-order valence-electron chi connectivity index (χ1n) is 5.97. The first-order valence-corrected chi connectivity index (χ1v) is 7.50. The molecule has 108 valence electrons. The van der Waals surface area contributed by atoms with E-state index < -0.39 is 16.9 Å². The van der Waals surface area contributed by atoms with Crippen LogP contribution in [0, 0.1) is 10.1 Å². The molecular formula is C12H13ClN2O4S. The molecule has 1 aromatic carbocycles. The lowest BCUT2D eigenvalue weighted by Gasteiger charge is -2.32. The van der Waals surface area contributed by atoms with E-state index in [9.17, 15) is 20.0 Å². The van der Waals surface area contributed by atoms with Gasteiger partial charge in [-0.2, -0.15) is 11.8 Å². The Morgan fingerprint density at radius 1 is 1.60 bits per heavy atom. The molecule has 20 heavy (non-hydrogen) atoms. The zero-order valence-corrected chi connectivity index (χ0v) is 12.1. The molecule has 1 fully saturated rings. The Morgan fingerprint density at radius 2 is 2.35 bits per heavy atom.